The summed E-state index contributed by atoms with van der Waals surface area (Å²) in [6.07, 6.45) is 0. The number of carbonyl (C=O) groups excluding carboxylic acids is 1. The van der Waals surface area contributed by atoms with Gasteiger partial charge >= 0.3 is 0 Å². The van der Waals surface area contributed by atoms with Crippen molar-refractivity contribution < 1.29 is 4.79 Å². The van der Waals surface area contributed by atoms with Gasteiger partial charge in [-0.2, -0.15) is 0 Å². The van der Waals surface area contributed by atoms with E-state index in [0.29, 0.717) is 11.3 Å². The first-order valence-corrected chi connectivity index (χ1v) is 7.25. The average Bonchev–Trinajstić information content (AvgIpc) is 2.39. The predicted octanol–water partition coefficient (Wildman–Crippen LogP) is 4.90. The Morgan fingerprint density at radius 1 is 1.20 bits per heavy atom. The molecule has 0 aliphatic carbocycles. The van der Waals surface area contributed by atoms with Crippen molar-refractivity contribution in [2.45, 2.75) is 6.92 Å². The number of halogens is 3. The first-order chi connectivity index (χ1) is 9.38. The summed E-state index contributed by atoms with van der Waals surface area (Å²) in [7, 11) is 0. The number of aryl methyl sites for hydroxylation is 1. The van der Waals surface area contributed by atoms with Gasteiger partial charge in [-0.15, -0.1) is 0 Å². The first kappa shape index (κ1) is 15.2. The summed E-state index contributed by atoms with van der Waals surface area (Å²) in [4.78, 5) is 12.2. The van der Waals surface area contributed by atoms with E-state index in [1.807, 2.05) is 25.1 Å². The predicted molar refractivity (Wildman–Crippen MR) is 87.7 cm³/mol. The second-order valence-electron chi connectivity index (χ2n) is 4.27. The van der Waals surface area contributed by atoms with Crippen molar-refractivity contribution in [2.75, 3.05) is 11.1 Å². The Morgan fingerprint density at radius 3 is 2.40 bits per heavy atom. The van der Waals surface area contributed by atoms with Gasteiger partial charge in [0.1, 0.15) is 0 Å². The molecule has 3 nitrogen and oxygen atoms in total. The molecule has 0 spiro atoms. The number of hydrogen-bond donors (Lipinski definition) is 2. The summed E-state index contributed by atoms with van der Waals surface area (Å²) in [6, 6.07) is 8.62. The fraction of sp³-hybridized carbons (Fsp3) is 0.0714. The van der Waals surface area contributed by atoms with E-state index < -0.39 is 0 Å². The number of carbonyl (C=O) groups is 1. The van der Waals surface area contributed by atoms with Crippen molar-refractivity contribution in [1.29, 1.82) is 0 Å². The zero-order chi connectivity index (χ0) is 14.9. The van der Waals surface area contributed by atoms with Gasteiger partial charge in [-0.3, -0.25) is 4.79 Å². The number of anilines is 2. The van der Waals surface area contributed by atoms with Crippen LogP contribution in [0.15, 0.2) is 34.8 Å². The molecular weight excluding hydrogens is 363 g/mol. The van der Waals surface area contributed by atoms with E-state index in [9.17, 15) is 4.79 Å². The van der Waals surface area contributed by atoms with E-state index in [-0.39, 0.29) is 21.6 Å². The van der Waals surface area contributed by atoms with Crippen LogP contribution < -0.4 is 11.1 Å². The van der Waals surface area contributed by atoms with Gasteiger partial charge in [0.25, 0.3) is 5.91 Å². The highest BCUT2D eigenvalue weighted by molar-refractivity contribution is 9.10. The van der Waals surface area contributed by atoms with E-state index >= 15 is 0 Å². The van der Waals surface area contributed by atoms with Crippen LogP contribution in [-0.4, -0.2) is 5.91 Å². The normalized spacial score (nSPS) is 10.4. The van der Waals surface area contributed by atoms with Gasteiger partial charge < -0.3 is 11.1 Å². The zero-order valence-corrected chi connectivity index (χ0v) is 13.6. The van der Waals surface area contributed by atoms with Crippen molar-refractivity contribution in [3.05, 3.63) is 56.0 Å². The third kappa shape index (κ3) is 3.26. The van der Waals surface area contributed by atoms with Crippen LogP contribution in [-0.2, 0) is 0 Å². The minimum Gasteiger partial charge on any atom is -0.396 e. The SMILES string of the molecule is Cc1ccc(Br)cc1NC(=O)c1cc(Cl)c(N)c(Cl)c1. The molecule has 0 aliphatic rings. The topological polar surface area (TPSA) is 55.1 Å². The lowest BCUT2D eigenvalue weighted by Crippen LogP contribution is -2.13. The van der Waals surface area contributed by atoms with Crippen LogP contribution >= 0.6 is 39.1 Å². The molecule has 0 aromatic heterocycles. The Morgan fingerprint density at radius 2 is 1.80 bits per heavy atom. The highest BCUT2D eigenvalue weighted by atomic mass is 79.9. The third-order valence-electron chi connectivity index (χ3n) is 2.79. The van der Waals surface area contributed by atoms with Crippen LogP contribution in [0.5, 0.6) is 0 Å². The maximum absolute atomic E-state index is 12.2. The maximum Gasteiger partial charge on any atom is 0.255 e. The Balaban J connectivity index is 2.31. The number of benzene rings is 2. The molecule has 2 aromatic rings. The largest absolute Gasteiger partial charge is 0.396 e. The summed E-state index contributed by atoms with van der Waals surface area (Å²) in [6.45, 7) is 1.91. The number of nitrogens with two attached hydrogens (primary N) is 1. The summed E-state index contributed by atoms with van der Waals surface area (Å²) >= 11 is 15.2. The zero-order valence-electron chi connectivity index (χ0n) is 10.5. The van der Waals surface area contributed by atoms with Gasteiger partial charge in [-0.25, -0.2) is 0 Å². The van der Waals surface area contributed by atoms with Crippen LogP contribution in [0.2, 0.25) is 10.0 Å². The lowest BCUT2D eigenvalue weighted by Gasteiger charge is -2.10. The van der Waals surface area contributed by atoms with Crippen molar-refractivity contribution in [3.63, 3.8) is 0 Å². The molecule has 0 heterocycles. The van der Waals surface area contributed by atoms with E-state index in [1.165, 1.54) is 12.1 Å². The summed E-state index contributed by atoms with van der Waals surface area (Å²) < 4.78 is 0.881. The molecule has 0 saturated heterocycles. The van der Waals surface area contributed by atoms with E-state index in [0.717, 1.165) is 10.0 Å². The van der Waals surface area contributed by atoms with Crippen LogP contribution in [0.3, 0.4) is 0 Å². The first-order valence-electron chi connectivity index (χ1n) is 5.70. The number of rotatable bonds is 2. The van der Waals surface area contributed by atoms with Crippen LogP contribution in [0, 0.1) is 6.92 Å². The van der Waals surface area contributed by atoms with E-state index in [4.69, 9.17) is 28.9 Å². The average molecular weight is 374 g/mol. The molecule has 0 saturated carbocycles. The molecule has 0 atom stereocenters. The fourth-order valence-corrected chi connectivity index (χ4v) is 2.49. The molecule has 0 unspecified atom stereocenters. The molecule has 0 aliphatic heterocycles. The van der Waals surface area contributed by atoms with Gasteiger partial charge in [-0.05, 0) is 36.8 Å². The lowest BCUT2D eigenvalue weighted by molar-refractivity contribution is 0.102. The molecule has 104 valence electrons. The Hall–Kier alpha value is -1.23. The van der Waals surface area contributed by atoms with Crippen molar-refractivity contribution in [3.8, 4) is 0 Å². The molecular formula is C14H11BrCl2N2O. The van der Waals surface area contributed by atoms with Gasteiger partial charge in [0.2, 0.25) is 0 Å². The molecule has 1 amide bonds. The third-order valence-corrected chi connectivity index (χ3v) is 3.91. The van der Waals surface area contributed by atoms with E-state index in [1.54, 1.807) is 0 Å². The van der Waals surface area contributed by atoms with Crippen molar-refractivity contribution >= 4 is 56.4 Å². The molecule has 2 rings (SSSR count). The molecule has 0 bridgehead atoms. The monoisotopic (exact) mass is 372 g/mol. The summed E-state index contributed by atoms with van der Waals surface area (Å²) in [5, 5.41) is 3.33. The molecule has 0 radical (unpaired) electrons. The lowest BCUT2D eigenvalue weighted by atomic mass is 10.1. The van der Waals surface area contributed by atoms with Gasteiger partial charge in [0.15, 0.2) is 0 Å². The molecule has 20 heavy (non-hydrogen) atoms. The molecule has 3 N–H and O–H groups in total. The molecule has 6 heteroatoms. The minimum atomic E-state index is -0.296. The van der Waals surface area contributed by atoms with Crippen LogP contribution in [0.25, 0.3) is 0 Å². The quantitative estimate of drug-likeness (QED) is 0.735. The standard InChI is InChI=1S/C14H11BrCl2N2O/c1-7-2-3-9(15)6-12(7)19-14(20)8-4-10(16)13(18)11(17)5-8/h2-6H,18H2,1H3,(H,19,20). The summed E-state index contributed by atoms with van der Waals surface area (Å²) in [5.74, 6) is -0.296. The molecule has 0 fully saturated rings. The minimum absolute atomic E-state index is 0.258. The number of nitrogens with one attached hydrogen (secondary N) is 1. The van der Waals surface area contributed by atoms with Crippen molar-refractivity contribution in [2.24, 2.45) is 0 Å². The number of hydrogen-bond acceptors (Lipinski definition) is 2. The van der Waals surface area contributed by atoms with Crippen molar-refractivity contribution in [1.82, 2.24) is 0 Å². The van der Waals surface area contributed by atoms with Crippen LogP contribution in [0.1, 0.15) is 15.9 Å². The summed E-state index contributed by atoms with van der Waals surface area (Å²) in [5.41, 5.74) is 7.94. The maximum atomic E-state index is 12.2. The second-order valence-corrected chi connectivity index (χ2v) is 6.00. The number of amides is 1. The molecule has 2 aromatic carbocycles. The highest BCUT2D eigenvalue weighted by Crippen LogP contribution is 2.29. The highest BCUT2D eigenvalue weighted by Gasteiger charge is 2.12. The Kier molecular flexibility index (Phi) is 4.58. The van der Waals surface area contributed by atoms with Gasteiger partial charge in [-0.1, -0.05) is 45.2 Å². The Labute approximate surface area is 135 Å². The fourth-order valence-electron chi connectivity index (χ4n) is 1.64. The number of nitrogen functional groups attached to an aromatic ring is 1. The van der Waals surface area contributed by atoms with Crippen LogP contribution in [0.4, 0.5) is 11.4 Å². The van der Waals surface area contributed by atoms with Gasteiger partial charge in [0, 0.05) is 15.7 Å². The Bertz CT molecular complexity index is 666. The van der Waals surface area contributed by atoms with E-state index in [2.05, 4.69) is 21.2 Å². The second kappa shape index (κ2) is 6.04. The van der Waals surface area contributed by atoms with Gasteiger partial charge in [0.05, 0.1) is 15.7 Å². The smallest absolute Gasteiger partial charge is 0.255 e.